The standard InChI is InChI=1S/C23H28N4O2/c28-19-14-17(24-22(16-19)26-10-12-29-13-11-26)15-23-25-20-8-4-5-9-21(20)27(23)18-6-2-1-3-7-18/h4-5,8-9,16,18H,1-3,6-7,10-15H2. The highest BCUT2D eigenvalue weighted by Gasteiger charge is 2.25. The van der Waals surface area contributed by atoms with Gasteiger partial charge in [-0.3, -0.25) is 4.79 Å². The van der Waals surface area contributed by atoms with Crippen LogP contribution in [0.15, 0.2) is 41.2 Å². The van der Waals surface area contributed by atoms with Crippen LogP contribution in [-0.2, 0) is 16.0 Å². The van der Waals surface area contributed by atoms with E-state index in [9.17, 15) is 4.79 Å². The summed E-state index contributed by atoms with van der Waals surface area (Å²) in [5, 5.41) is 0. The van der Waals surface area contributed by atoms with Crippen LogP contribution in [0.3, 0.4) is 0 Å². The van der Waals surface area contributed by atoms with Crippen molar-refractivity contribution in [3.63, 3.8) is 0 Å². The second-order valence-electron chi connectivity index (χ2n) is 8.28. The first kappa shape index (κ1) is 18.6. The van der Waals surface area contributed by atoms with Gasteiger partial charge in [-0.25, -0.2) is 9.98 Å². The number of hydrogen-bond acceptors (Lipinski definition) is 5. The third kappa shape index (κ3) is 3.86. The molecule has 2 fully saturated rings. The van der Waals surface area contributed by atoms with Crippen molar-refractivity contribution < 1.29 is 9.53 Å². The van der Waals surface area contributed by atoms with Crippen LogP contribution in [0.1, 0.15) is 50.4 Å². The van der Waals surface area contributed by atoms with Gasteiger partial charge in [-0.1, -0.05) is 31.4 Å². The Hall–Kier alpha value is -2.47. The van der Waals surface area contributed by atoms with Crippen LogP contribution in [0.25, 0.3) is 11.0 Å². The zero-order valence-corrected chi connectivity index (χ0v) is 16.8. The molecule has 1 aromatic carbocycles. The van der Waals surface area contributed by atoms with E-state index in [1.165, 1.54) is 37.6 Å². The lowest BCUT2D eigenvalue weighted by molar-refractivity contribution is -0.113. The van der Waals surface area contributed by atoms with Crippen molar-refractivity contribution in [2.24, 2.45) is 4.99 Å². The highest BCUT2D eigenvalue weighted by Crippen LogP contribution is 2.33. The fourth-order valence-corrected chi connectivity index (χ4v) is 4.83. The Morgan fingerprint density at radius 1 is 1.07 bits per heavy atom. The number of aliphatic imine (C=N–C) groups is 1. The molecule has 1 aromatic heterocycles. The lowest BCUT2D eigenvalue weighted by Gasteiger charge is -2.30. The molecule has 0 bridgehead atoms. The van der Waals surface area contributed by atoms with Gasteiger partial charge in [0, 0.05) is 43.8 Å². The number of morpholine rings is 1. The Morgan fingerprint density at radius 3 is 2.69 bits per heavy atom. The maximum Gasteiger partial charge on any atom is 0.164 e. The van der Waals surface area contributed by atoms with Crippen LogP contribution < -0.4 is 0 Å². The third-order valence-electron chi connectivity index (χ3n) is 6.25. The number of hydrogen-bond donors (Lipinski definition) is 0. The average Bonchev–Trinajstić information content (AvgIpc) is 3.12. The molecule has 0 radical (unpaired) electrons. The molecular formula is C23H28N4O2. The molecule has 5 rings (SSSR count). The molecule has 0 N–H and O–H groups in total. The Morgan fingerprint density at radius 2 is 1.86 bits per heavy atom. The molecular weight excluding hydrogens is 364 g/mol. The fourth-order valence-electron chi connectivity index (χ4n) is 4.83. The first-order chi connectivity index (χ1) is 14.3. The first-order valence-corrected chi connectivity index (χ1v) is 10.9. The van der Waals surface area contributed by atoms with E-state index in [-0.39, 0.29) is 5.78 Å². The Labute approximate surface area is 171 Å². The second kappa shape index (κ2) is 8.11. The third-order valence-corrected chi connectivity index (χ3v) is 6.25. The molecule has 3 aliphatic rings. The zero-order valence-electron chi connectivity index (χ0n) is 16.8. The van der Waals surface area contributed by atoms with E-state index in [0.717, 1.165) is 36.0 Å². The number of rotatable bonds is 4. The number of para-hydroxylation sites is 2. The Bertz CT molecular complexity index is 962. The summed E-state index contributed by atoms with van der Waals surface area (Å²) in [7, 11) is 0. The van der Waals surface area contributed by atoms with Gasteiger partial charge in [0.05, 0.1) is 24.2 Å². The molecule has 0 unspecified atom stereocenters. The number of benzene rings is 1. The number of ether oxygens (including phenoxy) is 1. The van der Waals surface area contributed by atoms with Crippen molar-refractivity contribution in [2.75, 3.05) is 26.3 Å². The molecule has 6 heteroatoms. The molecule has 3 heterocycles. The van der Waals surface area contributed by atoms with Crippen LogP contribution in [-0.4, -0.2) is 52.2 Å². The monoisotopic (exact) mass is 392 g/mol. The molecule has 2 aromatic rings. The molecule has 0 atom stereocenters. The van der Waals surface area contributed by atoms with Gasteiger partial charge in [0.15, 0.2) is 5.78 Å². The number of carbonyl (C=O) groups is 1. The number of fused-ring (bicyclic) bond motifs is 1. The Balaban J connectivity index is 1.47. The SMILES string of the molecule is O=C1C=C(N2CCOCC2)N=C(Cc2nc3ccccc3n2C2CCCCC2)C1. The van der Waals surface area contributed by atoms with Gasteiger partial charge < -0.3 is 14.2 Å². The lowest BCUT2D eigenvalue weighted by atomic mass is 9.95. The predicted molar refractivity (Wildman–Crippen MR) is 113 cm³/mol. The van der Waals surface area contributed by atoms with Gasteiger partial charge >= 0.3 is 0 Å². The van der Waals surface area contributed by atoms with Crippen molar-refractivity contribution in [3.8, 4) is 0 Å². The topological polar surface area (TPSA) is 59.7 Å². The van der Waals surface area contributed by atoms with E-state index in [1.54, 1.807) is 6.08 Å². The van der Waals surface area contributed by atoms with Crippen molar-refractivity contribution in [1.82, 2.24) is 14.5 Å². The van der Waals surface area contributed by atoms with E-state index >= 15 is 0 Å². The minimum atomic E-state index is 0.136. The molecule has 152 valence electrons. The summed E-state index contributed by atoms with van der Waals surface area (Å²) in [5.41, 5.74) is 3.17. The minimum absolute atomic E-state index is 0.136. The normalized spacial score (nSPS) is 21.4. The van der Waals surface area contributed by atoms with Gasteiger partial charge in [0.25, 0.3) is 0 Å². The van der Waals surface area contributed by atoms with E-state index in [0.29, 0.717) is 32.1 Å². The maximum atomic E-state index is 12.4. The van der Waals surface area contributed by atoms with E-state index < -0.39 is 0 Å². The average molecular weight is 393 g/mol. The number of aromatic nitrogens is 2. The molecule has 29 heavy (non-hydrogen) atoms. The van der Waals surface area contributed by atoms with Crippen LogP contribution >= 0.6 is 0 Å². The number of carbonyl (C=O) groups excluding carboxylic acids is 1. The first-order valence-electron chi connectivity index (χ1n) is 10.9. The van der Waals surface area contributed by atoms with Crippen molar-refractivity contribution in [2.45, 2.75) is 51.0 Å². The molecule has 1 saturated heterocycles. The molecule has 0 amide bonds. The highest BCUT2D eigenvalue weighted by atomic mass is 16.5. The molecule has 6 nitrogen and oxygen atoms in total. The molecule has 1 aliphatic carbocycles. The number of nitrogens with zero attached hydrogens (tertiary/aromatic N) is 4. The van der Waals surface area contributed by atoms with Crippen LogP contribution in [0.2, 0.25) is 0 Å². The number of ketones is 1. The summed E-state index contributed by atoms with van der Waals surface area (Å²) in [4.78, 5) is 24.4. The van der Waals surface area contributed by atoms with E-state index in [4.69, 9.17) is 14.7 Å². The van der Waals surface area contributed by atoms with Gasteiger partial charge in [-0.15, -0.1) is 0 Å². The van der Waals surface area contributed by atoms with Gasteiger partial charge in [-0.05, 0) is 25.0 Å². The number of imidazole rings is 1. The summed E-state index contributed by atoms with van der Waals surface area (Å²) in [6.45, 7) is 2.95. The Kier molecular flexibility index (Phi) is 5.19. The van der Waals surface area contributed by atoms with Crippen molar-refractivity contribution in [3.05, 3.63) is 42.0 Å². The summed E-state index contributed by atoms with van der Waals surface area (Å²) in [6, 6.07) is 8.90. The summed E-state index contributed by atoms with van der Waals surface area (Å²) in [6.07, 6.45) is 9.02. The number of allylic oxidation sites excluding steroid dienone is 1. The second-order valence-corrected chi connectivity index (χ2v) is 8.28. The van der Waals surface area contributed by atoms with Crippen molar-refractivity contribution >= 4 is 22.5 Å². The fraction of sp³-hybridized carbons (Fsp3) is 0.522. The maximum absolute atomic E-state index is 12.4. The summed E-state index contributed by atoms with van der Waals surface area (Å²) >= 11 is 0. The van der Waals surface area contributed by atoms with Crippen LogP contribution in [0, 0.1) is 0 Å². The minimum Gasteiger partial charge on any atom is -0.378 e. The lowest BCUT2D eigenvalue weighted by Crippen LogP contribution is -2.36. The quantitative estimate of drug-likeness (QED) is 0.797. The van der Waals surface area contributed by atoms with Gasteiger partial charge in [-0.2, -0.15) is 0 Å². The largest absolute Gasteiger partial charge is 0.378 e. The summed E-state index contributed by atoms with van der Waals surface area (Å²) < 4.78 is 7.88. The van der Waals surface area contributed by atoms with Crippen LogP contribution in [0.5, 0.6) is 0 Å². The van der Waals surface area contributed by atoms with Crippen LogP contribution in [0.4, 0.5) is 0 Å². The molecule has 1 saturated carbocycles. The van der Waals surface area contributed by atoms with Gasteiger partial charge in [0.2, 0.25) is 0 Å². The van der Waals surface area contributed by atoms with E-state index in [1.807, 2.05) is 6.07 Å². The highest BCUT2D eigenvalue weighted by molar-refractivity contribution is 6.09. The molecule has 0 spiro atoms. The van der Waals surface area contributed by atoms with Crippen molar-refractivity contribution in [1.29, 1.82) is 0 Å². The smallest absolute Gasteiger partial charge is 0.164 e. The molecule has 2 aliphatic heterocycles. The van der Waals surface area contributed by atoms with Gasteiger partial charge in [0.1, 0.15) is 11.6 Å². The van der Waals surface area contributed by atoms with E-state index in [2.05, 4.69) is 27.7 Å². The summed E-state index contributed by atoms with van der Waals surface area (Å²) in [5.74, 6) is 1.98. The predicted octanol–water partition coefficient (Wildman–Crippen LogP) is 3.67. The zero-order chi connectivity index (χ0) is 19.6.